The minimum Gasteiger partial charge on any atom is -0.467 e. The average Bonchev–Trinajstić information content (AvgIpc) is 2.92. The predicted molar refractivity (Wildman–Crippen MR) is 86.3 cm³/mol. The molecule has 2 aromatic rings. The molecule has 3 atom stereocenters. The maximum absolute atomic E-state index is 8.81. The Labute approximate surface area is 129 Å². The molecule has 1 aromatic heterocycles. The van der Waals surface area contributed by atoms with Gasteiger partial charge in [0.15, 0.2) is 0 Å². The van der Waals surface area contributed by atoms with Gasteiger partial charge in [0.2, 0.25) is 0 Å². The fourth-order valence-corrected chi connectivity index (χ4v) is 3.50. The molecule has 1 fully saturated rings. The third-order valence-corrected chi connectivity index (χ3v) is 4.95. The average molecular weight is 285 g/mol. The lowest BCUT2D eigenvalue weighted by molar-refractivity contribution is 0.0960. The summed E-state index contributed by atoms with van der Waals surface area (Å²) in [4.78, 5) is 2.26. The zero-order valence-electron chi connectivity index (χ0n) is 14.2. The third-order valence-electron chi connectivity index (χ3n) is 4.95. The van der Waals surface area contributed by atoms with Crippen LogP contribution in [0.5, 0.6) is 0 Å². The van der Waals surface area contributed by atoms with Crippen LogP contribution in [-0.4, -0.2) is 19.0 Å². The van der Waals surface area contributed by atoms with Crippen LogP contribution >= 0.6 is 0 Å². The molecule has 0 spiro atoms. The highest BCUT2D eigenvalue weighted by molar-refractivity contribution is 5.27. The van der Waals surface area contributed by atoms with Crippen molar-refractivity contribution in [2.45, 2.75) is 37.6 Å². The van der Waals surface area contributed by atoms with Gasteiger partial charge in [-0.05, 0) is 62.9 Å². The van der Waals surface area contributed by atoms with E-state index in [0.29, 0.717) is 5.92 Å². The second-order valence-corrected chi connectivity index (χ2v) is 6.25. The summed E-state index contributed by atoms with van der Waals surface area (Å²) in [5.41, 5.74) is 1.02. The molecular formula is C19H25NO. The Kier molecular flexibility index (Phi) is 3.56. The van der Waals surface area contributed by atoms with Crippen LogP contribution in [0.1, 0.15) is 44.8 Å². The van der Waals surface area contributed by atoms with Crippen molar-refractivity contribution in [2.75, 3.05) is 14.1 Å². The number of hydrogen-bond donors (Lipinski definition) is 0. The van der Waals surface area contributed by atoms with Gasteiger partial charge in [-0.25, -0.2) is 0 Å². The second kappa shape index (κ2) is 5.69. The van der Waals surface area contributed by atoms with Gasteiger partial charge >= 0.3 is 0 Å². The fourth-order valence-electron chi connectivity index (χ4n) is 3.50. The van der Waals surface area contributed by atoms with Gasteiger partial charge in [0.05, 0.1) is 11.8 Å². The molecule has 1 unspecified atom stereocenters. The highest BCUT2D eigenvalue weighted by atomic mass is 16.3. The van der Waals surface area contributed by atoms with Gasteiger partial charge in [-0.1, -0.05) is 37.3 Å². The van der Waals surface area contributed by atoms with Crippen molar-refractivity contribution >= 4 is 0 Å². The van der Waals surface area contributed by atoms with E-state index in [4.69, 9.17) is 5.79 Å². The Morgan fingerprint density at radius 1 is 1.24 bits per heavy atom. The topological polar surface area (TPSA) is 16.4 Å². The lowest BCUT2D eigenvalue weighted by atomic mass is 9.84. The van der Waals surface area contributed by atoms with E-state index in [0.717, 1.165) is 30.6 Å². The highest BCUT2D eigenvalue weighted by Gasteiger charge is 2.46. The van der Waals surface area contributed by atoms with Crippen molar-refractivity contribution < 1.29 is 5.79 Å². The second-order valence-electron chi connectivity index (χ2n) is 6.25. The molecular weight excluding hydrogens is 258 g/mol. The normalized spacial score (nSPS) is 28.2. The zero-order chi connectivity index (χ0) is 15.8. The molecule has 1 aliphatic carbocycles. The lowest BCUT2D eigenvalue weighted by Crippen LogP contribution is -2.41. The summed E-state index contributed by atoms with van der Waals surface area (Å²) >= 11 is 0. The molecule has 0 bridgehead atoms. The van der Waals surface area contributed by atoms with E-state index in [9.17, 15) is 0 Å². The molecule has 1 saturated carbocycles. The van der Waals surface area contributed by atoms with Gasteiger partial charge < -0.3 is 4.42 Å². The molecule has 1 aromatic carbocycles. The summed E-state index contributed by atoms with van der Waals surface area (Å²) in [6.45, 7) is 2.21. The van der Waals surface area contributed by atoms with Gasteiger partial charge in [0.1, 0.15) is 5.76 Å². The number of rotatable bonds is 6. The molecule has 0 saturated heterocycles. The smallest absolute Gasteiger partial charge is 0.124 e. The molecule has 1 aliphatic rings. The van der Waals surface area contributed by atoms with Crippen LogP contribution in [0.25, 0.3) is 0 Å². The van der Waals surface area contributed by atoms with Crippen LogP contribution in [0.4, 0.5) is 0 Å². The number of furan rings is 1. The summed E-state index contributed by atoms with van der Waals surface area (Å²) in [5.74, 6) is 0.967. The quantitative estimate of drug-likeness (QED) is 0.768. The molecule has 2 nitrogen and oxygen atoms in total. The van der Waals surface area contributed by atoms with Crippen molar-refractivity contribution in [1.82, 2.24) is 4.90 Å². The van der Waals surface area contributed by atoms with Crippen LogP contribution in [-0.2, 0) is 5.54 Å². The monoisotopic (exact) mass is 285 g/mol. The van der Waals surface area contributed by atoms with E-state index < -0.39 is 5.89 Å². The van der Waals surface area contributed by atoms with Crippen LogP contribution < -0.4 is 0 Å². The summed E-state index contributed by atoms with van der Waals surface area (Å²) in [7, 11) is 4.23. The van der Waals surface area contributed by atoms with Crippen molar-refractivity contribution in [3.8, 4) is 0 Å². The maximum atomic E-state index is 8.81. The molecule has 0 radical (unpaired) electrons. The van der Waals surface area contributed by atoms with E-state index in [2.05, 4.69) is 44.1 Å². The van der Waals surface area contributed by atoms with Crippen molar-refractivity contribution in [3.05, 3.63) is 60.1 Å². The summed E-state index contributed by atoms with van der Waals surface area (Å²) in [6.07, 6.45) is 4.63. The first-order valence-corrected chi connectivity index (χ1v) is 7.80. The van der Waals surface area contributed by atoms with Crippen molar-refractivity contribution in [2.24, 2.45) is 5.92 Å². The molecule has 1 heterocycles. The number of hydrogen-bond acceptors (Lipinski definition) is 2. The van der Waals surface area contributed by atoms with Gasteiger partial charge in [0, 0.05) is 1.37 Å². The first kappa shape index (κ1) is 13.1. The minimum absolute atomic E-state index is 0.119. The van der Waals surface area contributed by atoms with E-state index in [-0.39, 0.29) is 5.54 Å². The van der Waals surface area contributed by atoms with Gasteiger partial charge in [0.25, 0.3) is 0 Å². The number of nitrogens with zero attached hydrogens (tertiary/aromatic N) is 1. The maximum Gasteiger partial charge on any atom is 0.124 e. The number of benzene rings is 1. The van der Waals surface area contributed by atoms with Crippen LogP contribution in [0.3, 0.4) is 0 Å². The Morgan fingerprint density at radius 3 is 2.57 bits per heavy atom. The SMILES string of the molecule is [3H][C@@]1(c2ccccc2)C[C@H]1CC(CC)(c1ccco1)N(C)C. The lowest BCUT2D eigenvalue weighted by Gasteiger charge is -2.38. The molecule has 3 rings (SSSR count). The third kappa shape index (κ3) is 2.65. The first-order valence-electron chi connectivity index (χ1n) is 8.30. The largest absolute Gasteiger partial charge is 0.467 e. The standard InChI is InChI=1S/C19H25NO/c1-4-19(20(2)3,18-11-8-12-21-18)14-16-13-17(16)15-9-6-5-7-10-15/h5-12,16-17H,4,13-14H2,1-3H3/t16-,17-,19?/m0/s1/i17T. The molecule has 0 aliphatic heterocycles. The zero-order valence-corrected chi connectivity index (χ0v) is 13.2. The van der Waals surface area contributed by atoms with Crippen LogP contribution in [0, 0.1) is 5.92 Å². The Balaban J connectivity index is 1.85. The summed E-state index contributed by atoms with van der Waals surface area (Å²) in [5, 5.41) is 0. The van der Waals surface area contributed by atoms with Gasteiger partial charge in [-0.3, -0.25) is 4.90 Å². The molecule has 0 amide bonds. The predicted octanol–water partition coefficient (Wildman–Crippen LogP) is 4.64. The first-order chi connectivity index (χ1) is 10.5. The van der Waals surface area contributed by atoms with E-state index in [1.807, 2.05) is 24.3 Å². The Hall–Kier alpha value is -1.54. The molecule has 21 heavy (non-hydrogen) atoms. The highest BCUT2D eigenvalue weighted by Crippen LogP contribution is 2.54. The Morgan fingerprint density at radius 2 is 2.00 bits per heavy atom. The van der Waals surface area contributed by atoms with Gasteiger partial charge in [-0.2, -0.15) is 0 Å². The van der Waals surface area contributed by atoms with E-state index >= 15 is 0 Å². The summed E-state index contributed by atoms with van der Waals surface area (Å²) in [6, 6.07) is 14.3. The van der Waals surface area contributed by atoms with Crippen LogP contribution in [0.15, 0.2) is 53.1 Å². The van der Waals surface area contributed by atoms with Crippen molar-refractivity contribution in [1.29, 1.82) is 0 Å². The minimum atomic E-state index is -0.426. The van der Waals surface area contributed by atoms with Gasteiger partial charge in [-0.15, -0.1) is 0 Å². The van der Waals surface area contributed by atoms with Crippen LogP contribution in [0.2, 0.25) is 0 Å². The molecule has 0 N–H and O–H groups in total. The van der Waals surface area contributed by atoms with Crippen molar-refractivity contribution in [3.63, 3.8) is 0 Å². The van der Waals surface area contributed by atoms with E-state index in [1.165, 1.54) is 0 Å². The summed E-state index contributed by atoms with van der Waals surface area (Å²) < 4.78 is 14.6. The molecule has 2 heteroatoms. The Bertz CT molecular complexity index is 610. The van der Waals surface area contributed by atoms with E-state index in [1.54, 1.807) is 6.26 Å². The fraction of sp³-hybridized carbons (Fsp3) is 0.474. The molecule has 112 valence electrons.